The zero-order chi connectivity index (χ0) is 25.3. The van der Waals surface area contributed by atoms with Crippen LogP contribution in [0.15, 0.2) is 55.1 Å². The number of carboxylic acid groups (broad SMARTS) is 1. The highest BCUT2D eigenvalue weighted by atomic mass is 19.4. The summed E-state index contributed by atoms with van der Waals surface area (Å²) < 4.78 is 41.0. The molecule has 35 heavy (non-hydrogen) atoms. The largest absolute Gasteiger partial charge is 0.478 e. The third-order valence-corrected chi connectivity index (χ3v) is 5.86. The van der Waals surface area contributed by atoms with Gasteiger partial charge in [-0.1, -0.05) is 12.6 Å². The topological polar surface area (TPSA) is 105 Å². The Bertz CT molecular complexity index is 1330. The van der Waals surface area contributed by atoms with Crippen molar-refractivity contribution in [2.75, 3.05) is 18.4 Å². The van der Waals surface area contributed by atoms with Gasteiger partial charge in [-0.15, -0.1) is 0 Å². The molecule has 1 aromatic heterocycles. The number of aromatic carboxylic acids is 1. The minimum absolute atomic E-state index is 0.00925. The first-order chi connectivity index (χ1) is 16.6. The van der Waals surface area contributed by atoms with E-state index in [1.54, 1.807) is 15.5 Å². The van der Waals surface area contributed by atoms with Crippen LogP contribution in [-0.4, -0.2) is 50.4 Å². The number of amides is 2. The van der Waals surface area contributed by atoms with Gasteiger partial charge >= 0.3 is 12.1 Å². The lowest BCUT2D eigenvalue weighted by Crippen LogP contribution is -2.40. The molecule has 2 N–H and O–H groups in total. The number of carbonyl (C=O) groups excluding carboxylic acids is 2. The van der Waals surface area contributed by atoms with Crippen molar-refractivity contribution in [3.63, 3.8) is 0 Å². The van der Waals surface area contributed by atoms with Crippen molar-refractivity contribution in [1.29, 1.82) is 0 Å². The molecule has 182 valence electrons. The minimum atomic E-state index is -4.61. The summed E-state index contributed by atoms with van der Waals surface area (Å²) in [4.78, 5) is 42.5. The van der Waals surface area contributed by atoms with Crippen molar-refractivity contribution in [2.24, 2.45) is 0 Å². The molecule has 1 fully saturated rings. The summed E-state index contributed by atoms with van der Waals surface area (Å²) in [5.41, 5.74) is -0.374. The van der Waals surface area contributed by atoms with E-state index in [-0.39, 0.29) is 34.5 Å². The fourth-order valence-corrected chi connectivity index (χ4v) is 4.19. The van der Waals surface area contributed by atoms with E-state index in [2.05, 4.69) is 16.9 Å². The van der Waals surface area contributed by atoms with Gasteiger partial charge in [0.15, 0.2) is 0 Å². The number of carbonyl (C=O) groups is 3. The molecule has 0 unspecified atom stereocenters. The molecule has 1 atom stereocenters. The van der Waals surface area contributed by atoms with Crippen molar-refractivity contribution in [1.82, 2.24) is 14.5 Å². The van der Waals surface area contributed by atoms with Gasteiger partial charge < -0.3 is 14.6 Å². The number of benzene rings is 2. The molecule has 11 heteroatoms. The van der Waals surface area contributed by atoms with Crippen molar-refractivity contribution >= 4 is 34.8 Å². The lowest BCUT2D eigenvalue weighted by Gasteiger charge is -2.33. The SMILES string of the molecule is C=CC(=O)N1CCC[C@@H](n2c(NC(=O)c3cccc(C(F)(F)F)c3)nc3cc(C(=O)O)ccc32)C1. The average Bonchev–Trinajstić information content (AvgIpc) is 3.20. The molecule has 0 aliphatic carbocycles. The van der Waals surface area contributed by atoms with Gasteiger partial charge in [0.1, 0.15) is 0 Å². The van der Waals surface area contributed by atoms with Crippen LogP contribution in [0.1, 0.15) is 45.2 Å². The molecule has 2 amide bonds. The molecule has 3 aromatic rings. The molecular weight excluding hydrogens is 465 g/mol. The van der Waals surface area contributed by atoms with Crippen molar-refractivity contribution in [3.05, 3.63) is 71.8 Å². The lowest BCUT2D eigenvalue weighted by molar-refractivity contribution is -0.137. The van der Waals surface area contributed by atoms with Gasteiger partial charge in [-0.05, 0) is 55.3 Å². The summed E-state index contributed by atoms with van der Waals surface area (Å²) in [6, 6.07) is 8.00. The molecule has 8 nitrogen and oxygen atoms in total. The third-order valence-electron chi connectivity index (χ3n) is 5.86. The quantitative estimate of drug-likeness (QED) is 0.522. The molecule has 0 spiro atoms. The molecule has 2 heterocycles. The monoisotopic (exact) mass is 486 g/mol. The highest BCUT2D eigenvalue weighted by molar-refractivity contribution is 6.04. The van der Waals surface area contributed by atoms with E-state index < -0.39 is 23.6 Å². The highest BCUT2D eigenvalue weighted by Crippen LogP contribution is 2.32. The number of rotatable bonds is 5. The first kappa shape index (κ1) is 24.0. The van der Waals surface area contributed by atoms with Crippen LogP contribution in [-0.2, 0) is 11.0 Å². The Balaban J connectivity index is 1.75. The zero-order valence-electron chi connectivity index (χ0n) is 18.4. The van der Waals surface area contributed by atoms with Crippen LogP contribution in [0.5, 0.6) is 0 Å². The van der Waals surface area contributed by atoms with Gasteiger partial charge in [0.05, 0.1) is 28.2 Å². The molecule has 4 rings (SSSR count). The van der Waals surface area contributed by atoms with Gasteiger partial charge in [-0.2, -0.15) is 13.2 Å². The van der Waals surface area contributed by atoms with Crippen LogP contribution in [0.4, 0.5) is 19.1 Å². The minimum Gasteiger partial charge on any atom is -0.478 e. The molecule has 1 saturated heterocycles. The third kappa shape index (κ3) is 4.88. The average molecular weight is 486 g/mol. The Kier molecular flexibility index (Phi) is 6.33. The lowest BCUT2D eigenvalue weighted by atomic mass is 10.0. The zero-order valence-corrected chi connectivity index (χ0v) is 18.4. The summed E-state index contributed by atoms with van der Waals surface area (Å²) >= 11 is 0. The summed E-state index contributed by atoms with van der Waals surface area (Å²) in [5, 5.41) is 11.9. The second-order valence-electron chi connectivity index (χ2n) is 8.13. The number of imidazole rings is 1. The second-order valence-corrected chi connectivity index (χ2v) is 8.13. The second kappa shape index (κ2) is 9.24. The fraction of sp³-hybridized carbons (Fsp3) is 0.250. The number of fused-ring (bicyclic) bond motifs is 1. The van der Waals surface area contributed by atoms with E-state index in [4.69, 9.17) is 0 Å². The van der Waals surface area contributed by atoms with E-state index in [1.807, 2.05) is 0 Å². The molecule has 0 saturated carbocycles. The number of halogens is 3. The van der Waals surface area contributed by atoms with Crippen molar-refractivity contribution < 1.29 is 32.7 Å². The number of nitrogens with one attached hydrogen (secondary N) is 1. The van der Waals surface area contributed by atoms with E-state index in [1.165, 1.54) is 24.3 Å². The van der Waals surface area contributed by atoms with Gasteiger partial charge in [0.25, 0.3) is 5.91 Å². The van der Waals surface area contributed by atoms with E-state index in [0.29, 0.717) is 31.4 Å². The number of carboxylic acids is 1. The van der Waals surface area contributed by atoms with E-state index in [0.717, 1.165) is 18.2 Å². The Hall–Kier alpha value is -4.15. The first-order valence-electron chi connectivity index (χ1n) is 10.7. The van der Waals surface area contributed by atoms with Gasteiger partial charge in [0, 0.05) is 18.7 Å². The van der Waals surface area contributed by atoms with Crippen LogP contribution < -0.4 is 5.32 Å². The number of hydrogen-bond donors (Lipinski definition) is 2. The van der Waals surface area contributed by atoms with E-state index >= 15 is 0 Å². The summed E-state index contributed by atoms with van der Waals surface area (Å²) in [6.07, 6.45) is -2.10. The number of piperidine rings is 1. The van der Waals surface area contributed by atoms with Crippen LogP contribution >= 0.6 is 0 Å². The van der Waals surface area contributed by atoms with E-state index in [9.17, 15) is 32.7 Å². The van der Waals surface area contributed by atoms with Crippen LogP contribution in [0.25, 0.3) is 11.0 Å². The Morgan fingerprint density at radius 2 is 1.91 bits per heavy atom. The Morgan fingerprint density at radius 1 is 1.14 bits per heavy atom. The molecule has 1 aliphatic heterocycles. The standard InChI is InChI=1S/C24H21F3N4O4/c1-2-20(32)30-10-4-7-17(13-30)31-19-9-8-15(22(34)35)12-18(19)28-23(31)29-21(33)14-5-3-6-16(11-14)24(25,26)27/h2-3,5-6,8-9,11-12,17H,1,4,7,10,13H2,(H,34,35)(H,28,29,33)/t17-/m1/s1. The summed E-state index contributed by atoms with van der Waals surface area (Å²) in [6.45, 7) is 4.34. The number of aromatic nitrogens is 2. The molecule has 1 aliphatic rings. The number of anilines is 1. The number of likely N-dealkylation sites (tertiary alicyclic amines) is 1. The van der Waals surface area contributed by atoms with Gasteiger partial charge in [-0.25, -0.2) is 9.78 Å². The maximum absolute atomic E-state index is 13.1. The first-order valence-corrected chi connectivity index (χ1v) is 10.7. The summed E-state index contributed by atoms with van der Waals surface area (Å²) in [5.74, 6) is -2.16. The Morgan fingerprint density at radius 3 is 2.60 bits per heavy atom. The Labute approximate surface area is 197 Å². The maximum Gasteiger partial charge on any atom is 0.416 e. The number of alkyl halides is 3. The van der Waals surface area contributed by atoms with Crippen LogP contribution in [0, 0.1) is 0 Å². The predicted octanol–water partition coefficient (Wildman–Crippen LogP) is 4.36. The molecule has 2 aromatic carbocycles. The molecule has 0 radical (unpaired) electrons. The molecular formula is C24H21F3N4O4. The van der Waals surface area contributed by atoms with Gasteiger partial charge in [0.2, 0.25) is 11.9 Å². The molecule has 0 bridgehead atoms. The summed E-state index contributed by atoms with van der Waals surface area (Å²) in [7, 11) is 0. The van der Waals surface area contributed by atoms with Crippen LogP contribution in [0.3, 0.4) is 0 Å². The fourth-order valence-electron chi connectivity index (χ4n) is 4.19. The smallest absolute Gasteiger partial charge is 0.416 e. The van der Waals surface area contributed by atoms with Crippen LogP contribution in [0.2, 0.25) is 0 Å². The predicted molar refractivity (Wildman–Crippen MR) is 121 cm³/mol. The maximum atomic E-state index is 13.1. The van der Waals surface area contributed by atoms with Crippen molar-refractivity contribution in [2.45, 2.75) is 25.1 Å². The van der Waals surface area contributed by atoms with Crippen molar-refractivity contribution in [3.8, 4) is 0 Å². The number of hydrogen-bond acceptors (Lipinski definition) is 4. The number of nitrogens with zero attached hydrogens (tertiary/aromatic N) is 3. The normalized spacial score (nSPS) is 16.2. The van der Waals surface area contributed by atoms with Gasteiger partial charge in [-0.3, -0.25) is 14.9 Å². The highest BCUT2D eigenvalue weighted by Gasteiger charge is 2.31.